The first kappa shape index (κ1) is 13.2. The van der Waals surface area contributed by atoms with Gasteiger partial charge in [-0.2, -0.15) is 0 Å². The van der Waals surface area contributed by atoms with Crippen molar-refractivity contribution in [1.29, 1.82) is 0 Å². The Bertz CT molecular complexity index is 527. The molecule has 4 heteroatoms. The van der Waals surface area contributed by atoms with Crippen molar-refractivity contribution in [1.82, 2.24) is 10.2 Å². The average Bonchev–Trinajstić information content (AvgIpc) is 2.85. The Morgan fingerprint density at radius 1 is 1.25 bits per heavy atom. The zero-order chi connectivity index (χ0) is 13.9. The van der Waals surface area contributed by atoms with Crippen molar-refractivity contribution in [3.63, 3.8) is 0 Å². The number of carbonyl (C=O) groups is 2. The van der Waals surface area contributed by atoms with E-state index in [4.69, 9.17) is 0 Å². The van der Waals surface area contributed by atoms with Gasteiger partial charge in [0.15, 0.2) is 0 Å². The summed E-state index contributed by atoms with van der Waals surface area (Å²) in [7, 11) is 0. The highest BCUT2D eigenvalue weighted by Gasteiger charge is 2.25. The summed E-state index contributed by atoms with van der Waals surface area (Å²) in [6.45, 7) is 0.922. The number of nitrogens with one attached hydrogen (secondary N) is 1. The number of benzene rings is 1. The average molecular weight is 272 g/mol. The monoisotopic (exact) mass is 272 g/mol. The summed E-state index contributed by atoms with van der Waals surface area (Å²) in [4.78, 5) is 25.3. The Hall–Kier alpha value is -1.84. The van der Waals surface area contributed by atoms with E-state index in [1.165, 1.54) is 11.1 Å². The third-order valence-electron chi connectivity index (χ3n) is 4.21. The fraction of sp³-hybridized carbons (Fsp3) is 0.500. The first-order valence-electron chi connectivity index (χ1n) is 7.39. The molecule has 1 N–H and O–H groups in total. The van der Waals surface area contributed by atoms with Gasteiger partial charge >= 0.3 is 0 Å². The summed E-state index contributed by atoms with van der Waals surface area (Å²) in [6.07, 6.45) is 4.63. The lowest BCUT2D eigenvalue weighted by atomic mass is 9.88. The smallest absolute Gasteiger partial charge is 0.240 e. The minimum atomic E-state index is -0.0399. The van der Waals surface area contributed by atoms with Gasteiger partial charge in [-0.05, 0) is 36.8 Å². The molecule has 0 saturated carbocycles. The van der Waals surface area contributed by atoms with Gasteiger partial charge in [-0.1, -0.05) is 24.3 Å². The molecule has 4 nitrogen and oxygen atoms in total. The summed E-state index contributed by atoms with van der Waals surface area (Å²) in [6, 6.07) is 8.40. The molecule has 2 aliphatic rings. The van der Waals surface area contributed by atoms with Crippen molar-refractivity contribution in [3.05, 3.63) is 35.4 Å². The quantitative estimate of drug-likeness (QED) is 0.912. The topological polar surface area (TPSA) is 49.4 Å². The van der Waals surface area contributed by atoms with E-state index in [0.29, 0.717) is 13.0 Å². The lowest BCUT2D eigenvalue weighted by Crippen LogP contribution is -2.40. The lowest BCUT2D eigenvalue weighted by molar-refractivity contribution is -0.133. The number of rotatable bonds is 3. The molecule has 20 heavy (non-hydrogen) atoms. The van der Waals surface area contributed by atoms with Gasteiger partial charge in [0.05, 0.1) is 12.6 Å². The summed E-state index contributed by atoms with van der Waals surface area (Å²) in [5.74, 6) is 0.0612. The van der Waals surface area contributed by atoms with Gasteiger partial charge in [0.25, 0.3) is 0 Å². The summed E-state index contributed by atoms with van der Waals surface area (Å²) >= 11 is 0. The van der Waals surface area contributed by atoms with Crippen LogP contribution >= 0.6 is 0 Å². The number of hydrogen-bond acceptors (Lipinski definition) is 2. The predicted molar refractivity (Wildman–Crippen MR) is 76.1 cm³/mol. The van der Waals surface area contributed by atoms with E-state index in [-0.39, 0.29) is 24.4 Å². The molecule has 106 valence electrons. The zero-order valence-electron chi connectivity index (χ0n) is 11.6. The van der Waals surface area contributed by atoms with Crippen LogP contribution in [-0.2, 0) is 16.0 Å². The van der Waals surface area contributed by atoms with Crippen molar-refractivity contribution in [3.8, 4) is 0 Å². The maximum absolute atomic E-state index is 12.1. The van der Waals surface area contributed by atoms with Crippen LogP contribution in [0.2, 0.25) is 0 Å². The van der Waals surface area contributed by atoms with Crippen LogP contribution < -0.4 is 5.32 Å². The molecule has 1 aromatic carbocycles. The highest BCUT2D eigenvalue weighted by atomic mass is 16.2. The molecule has 0 bridgehead atoms. The van der Waals surface area contributed by atoms with Crippen LogP contribution in [0.3, 0.4) is 0 Å². The molecule has 1 aliphatic carbocycles. The van der Waals surface area contributed by atoms with E-state index in [9.17, 15) is 9.59 Å². The van der Waals surface area contributed by atoms with E-state index in [0.717, 1.165) is 25.7 Å². The second kappa shape index (κ2) is 5.65. The van der Waals surface area contributed by atoms with Gasteiger partial charge in [0.2, 0.25) is 11.8 Å². The second-order valence-corrected chi connectivity index (χ2v) is 5.63. The molecule has 0 radical (unpaired) electrons. The van der Waals surface area contributed by atoms with E-state index < -0.39 is 0 Å². The number of hydrogen-bond donors (Lipinski definition) is 1. The van der Waals surface area contributed by atoms with Gasteiger partial charge in [-0.3, -0.25) is 9.59 Å². The largest absolute Gasteiger partial charge is 0.348 e. The van der Waals surface area contributed by atoms with Gasteiger partial charge in [-0.25, -0.2) is 0 Å². The van der Waals surface area contributed by atoms with Crippen molar-refractivity contribution < 1.29 is 9.59 Å². The second-order valence-electron chi connectivity index (χ2n) is 5.63. The molecular weight excluding hydrogens is 252 g/mol. The number of likely N-dealkylation sites (tertiary alicyclic amines) is 1. The van der Waals surface area contributed by atoms with Crippen molar-refractivity contribution in [2.45, 2.75) is 38.1 Å². The van der Waals surface area contributed by atoms with Crippen LogP contribution in [0.4, 0.5) is 0 Å². The molecule has 1 aromatic rings. The third-order valence-corrected chi connectivity index (χ3v) is 4.21. The van der Waals surface area contributed by atoms with Crippen LogP contribution in [0.1, 0.15) is 42.9 Å². The van der Waals surface area contributed by atoms with Crippen LogP contribution in [0.5, 0.6) is 0 Å². The standard InChI is InChI=1S/C16H20N2O2/c19-15(11-18-10-4-9-16(18)20)17-14-8-3-6-12-5-1-2-7-13(12)14/h1-2,5,7,14H,3-4,6,8-11H2,(H,17,19)/t14-/m1/s1. The van der Waals surface area contributed by atoms with Crippen LogP contribution in [0.15, 0.2) is 24.3 Å². The Balaban J connectivity index is 1.63. The number of amides is 2. The Morgan fingerprint density at radius 2 is 2.10 bits per heavy atom. The van der Waals surface area contributed by atoms with Crippen molar-refractivity contribution in [2.75, 3.05) is 13.1 Å². The molecule has 0 spiro atoms. The maximum Gasteiger partial charge on any atom is 0.240 e. The van der Waals surface area contributed by atoms with E-state index in [1.54, 1.807) is 4.90 Å². The van der Waals surface area contributed by atoms with Crippen LogP contribution in [0.25, 0.3) is 0 Å². The first-order valence-corrected chi connectivity index (χ1v) is 7.39. The fourth-order valence-electron chi connectivity index (χ4n) is 3.19. The lowest BCUT2D eigenvalue weighted by Gasteiger charge is -2.27. The molecule has 2 amide bonds. The molecule has 0 aromatic heterocycles. The summed E-state index contributed by atoms with van der Waals surface area (Å²) in [5.41, 5.74) is 2.57. The molecule has 0 unspecified atom stereocenters. The predicted octanol–water partition coefficient (Wildman–Crippen LogP) is 1.80. The highest BCUT2D eigenvalue weighted by molar-refractivity contribution is 5.86. The SMILES string of the molecule is O=C(CN1CCCC1=O)N[C@@H]1CCCc2ccccc21. The molecule has 1 atom stereocenters. The fourth-order valence-corrected chi connectivity index (χ4v) is 3.19. The summed E-state index contributed by atoms with van der Waals surface area (Å²) in [5, 5.41) is 3.09. The van der Waals surface area contributed by atoms with Gasteiger partial charge in [0, 0.05) is 13.0 Å². The summed E-state index contributed by atoms with van der Waals surface area (Å²) < 4.78 is 0. The van der Waals surface area contributed by atoms with Crippen LogP contribution in [0, 0.1) is 0 Å². The first-order chi connectivity index (χ1) is 9.74. The molecule has 1 heterocycles. The molecule has 1 fully saturated rings. The third kappa shape index (κ3) is 2.69. The Morgan fingerprint density at radius 3 is 2.90 bits per heavy atom. The molecular formula is C16H20N2O2. The number of carbonyl (C=O) groups excluding carboxylic acids is 2. The molecule has 3 rings (SSSR count). The van der Waals surface area contributed by atoms with Gasteiger partial charge in [0.1, 0.15) is 0 Å². The zero-order valence-corrected chi connectivity index (χ0v) is 11.6. The number of nitrogens with zero attached hydrogens (tertiary/aromatic N) is 1. The Labute approximate surface area is 119 Å². The van der Waals surface area contributed by atoms with E-state index in [1.807, 2.05) is 12.1 Å². The van der Waals surface area contributed by atoms with Crippen LogP contribution in [-0.4, -0.2) is 29.8 Å². The van der Waals surface area contributed by atoms with Gasteiger partial charge < -0.3 is 10.2 Å². The van der Waals surface area contributed by atoms with E-state index >= 15 is 0 Å². The Kier molecular flexibility index (Phi) is 3.72. The number of aryl methyl sites for hydroxylation is 1. The van der Waals surface area contributed by atoms with Gasteiger partial charge in [-0.15, -0.1) is 0 Å². The molecule has 1 aliphatic heterocycles. The normalized spacial score (nSPS) is 21.7. The minimum absolute atomic E-state index is 0.0399. The highest BCUT2D eigenvalue weighted by Crippen LogP contribution is 2.29. The van der Waals surface area contributed by atoms with Crippen molar-refractivity contribution in [2.24, 2.45) is 0 Å². The van der Waals surface area contributed by atoms with E-state index in [2.05, 4.69) is 17.4 Å². The minimum Gasteiger partial charge on any atom is -0.348 e. The molecule has 1 saturated heterocycles. The number of fused-ring (bicyclic) bond motifs is 1. The maximum atomic E-state index is 12.1. The van der Waals surface area contributed by atoms with Crippen molar-refractivity contribution >= 4 is 11.8 Å².